The van der Waals surface area contributed by atoms with Crippen LogP contribution in [0.15, 0.2) is 12.4 Å². The first-order valence-corrected chi connectivity index (χ1v) is 8.49. The minimum Gasteiger partial charge on any atom is -0.355 e. The van der Waals surface area contributed by atoms with Crippen molar-refractivity contribution in [2.45, 2.75) is 56.3 Å². The summed E-state index contributed by atoms with van der Waals surface area (Å²) in [5, 5.41) is 0. The van der Waals surface area contributed by atoms with Crippen LogP contribution in [0, 0.1) is 5.92 Å². The molecule has 3 atom stereocenters. The van der Waals surface area contributed by atoms with E-state index in [0.29, 0.717) is 12.4 Å². The average molecular weight is 343 g/mol. The molecule has 1 aromatic heterocycles. The summed E-state index contributed by atoms with van der Waals surface area (Å²) in [6, 6.07) is -0.0186. The van der Waals surface area contributed by atoms with Crippen LogP contribution >= 0.6 is 0 Å². The highest BCUT2D eigenvalue weighted by Gasteiger charge is 2.43. The molecule has 4 N–H and O–H groups in total. The van der Waals surface area contributed by atoms with Gasteiger partial charge in [0, 0.05) is 24.7 Å². The molecule has 2 fully saturated rings. The predicted octanol–water partition coefficient (Wildman–Crippen LogP) is 2.31. The van der Waals surface area contributed by atoms with Crippen LogP contribution in [-0.4, -0.2) is 34.6 Å². The molecule has 2 heterocycles. The van der Waals surface area contributed by atoms with Crippen molar-refractivity contribution in [1.82, 2.24) is 9.97 Å². The lowest BCUT2D eigenvalue weighted by atomic mass is 9.68. The molecule has 1 aromatic rings. The fraction of sp³-hybridized carbons (Fsp3) is 0.750. The van der Waals surface area contributed by atoms with E-state index in [1.54, 1.807) is 0 Å². The van der Waals surface area contributed by atoms with E-state index in [1.807, 2.05) is 4.90 Å². The van der Waals surface area contributed by atoms with E-state index >= 15 is 0 Å². The van der Waals surface area contributed by atoms with E-state index in [4.69, 9.17) is 11.5 Å². The molecule has 24 heavy (non-hydrogen) atoms. The predicted molar refractivity (Wildman–Crippen MR) is 85.3 cm³/mol. The number of aromatic nitrogens is 2. The zero-order valence-corrected chi connectivity index (χ0v) is 13.6. The number of alkyl halides is 3. The van der Waals surface area contributed by atoms with Gasteiger partial charge in [0.2, 0.25) is 0 Å². The molecule has 1 saturated carbocycles. The lowest BCUT2D eigenvalue weighted by Gasteiger charge is -2.48. The summed E-state index contributed by atoms with van der Waals surface area (Å²) in [4.78, 5) is 9.45. The largest absolute Gasteiger partial charge is 0.434 e. The molecular weight excluding hydrogens is 319 g/mol. The summed E-state index contributed by atoms with van der Waals surface area (Å²) in [6.45, 7) is 1.42. The smallest absolute Gasteiger partial charge is 0.355 e. The lowest BCUT2D eigenvalue weighted by Crippen LogP contribution is -2.64. The van der Waals surface area contributed by atoms with E-state index in [-0.39, 0.29) is 12.0 Å². The Morgan fingerprint density at radius 2 is 1.92 bits per heavy atom. The second-order valence-corrected chi connectivity index (χ2v) is 7.01. The second-order valence-electron chi connectivity index (χ2n) is 7.01. The van der Waals surface area contributed by atoms with Crippen molar-refractivity contribution >= 4 is 5.82 Å². The maximum absolute atomic E-state index is 12.6. The SMILES string of the molecule is N[C@@H]1CCCC[C@@]1(N)[C@H]1CCCN(c2cnc(C(F)(F)F)cn2)C1. The molecule has 8 heteroatoms. The maximum atomic E-state index is 12.6. The monoisotopic (exact) mass is 343 g/mol. The van der Waals surface area contributed by atoms with Gasteiger partial charge < -0.3 is 16.4 Å². The van der Waals surface area contributed by atoms with Gasteiger partial charge in [-0.2, -0.15) is 13.2 Å². The molecule has 1 saturated heterocycles. The number of halogens is 3. The first kappa shape index (κ1) is 17.4. The van der Waals surface area contributed by atoms with Crippen molar-refractivity contribution in [3.63, 3.8) is 0 Å². The van der Waals surface area contributed by atoms with Crippen molar-refractivity contribution in [3.05, 3.63) is 18.1 Å². The van der Waals surface area contributed by atoms with Crippen molar-refractivity contribution in [2.75, 3.05) is 18.0 Å². The van der Waals surface area contributed by atoms with Gasteiger partial charge in [0.15, 0.2) is 5.69 Å². The van der Waals surface area contributed by atoms with Gasteiger partial charge in [-0.05, 0) is 31.6 Å². The first-order chi connectivity index (χ1) is 11.3. The molecule has 0 aromatic carbocycles. The molecular formula is C16H24F3N5. The van der Waals surface area contributed by atoms with Gasteiger partial charge in [-0.3, -0.25) is 0 Å². The molecule has 5 nitrogen and oxygen atoms in total. The quantitative estimate of drug-likeness (QED) is 0.861. The van der Waals surface area contributed by atoms with Gasteiger partial charge in [-0.15, -0.1) is 0 Å². The van der Waals surface area contributed by atoms with Crippen LogP contribution in [0.25, 0.3) is 0 Å². The fourth-order valence-corrected chi connectivity index (χ4v) is 4.01. The third kappa shape index (κ3) is 3.35. The molecule has 1 aliphatic carbocycles. The Morgan fingerprint density at radius 3 is 2.54 bits per heavy atom. The fourth-order valence-electron chi connectivity index (χ4n) is 4.01. The molecule has 2 aliphatic rings. The average Bonchev–Trinajstić information content (AvgIpc) is 2.57. The third-order valence-electron chi connectivity index (χ3n) is 5.50. The summed E-state index contributed by atoms with van der Waals surface area (Å²) in [5.74, 6) is 0.700. The van der Waals surface area contributed by atoms with Crippen LogP contribution in [0.1, 0.15) is 44.2 Å². The molecule has 0 amide bonds. The highest BCUT2D eigenvalue weighted by Crippen LogP contribution is 2.37. The summed E-state index contributed by atoms with van der Waals surface area (Å²) < 4.78 is 37.8. The van der Waals surface area contributed by atoms with E-state index in [0.717, 1.165) is 51.3 Å². The van der Waals surface area contributed by atoms with Crippen LogP contribution in [0.2, 0.25) is 0 Å². The number of nitrogens with two attached hydrogens (primary N) is 2. The van der Waals surface area contributed by atoms with Crippen LogP contribution in [0.4, 0.5) is 19.0 Å². The van der Waals surface area contributed by atoms with Gasteiger partial charge in [-0.25, -0.2) is 9.97 Å². The summed E-state index contributed by atoms with van der Waals surface area (Å²) >= 11 is 0. The van der Waals surface area contributed by atoms with E-state index < -0.39 is 17.4 Å². The molecule has 0 spiro atoms. The highest BCUT2D eigenvalue weighted by molar-refractivity contribution is 5.37. The molecule has 0 radical (unpaired) electrons. The zero-order chi connectivity index (χ0) is 17.4. The Morgan fingerprint density at radius 1 is 1.12 bits per heavy atom. The van der Waals surface area contributed by atoms with Gasteiger partial charge >= 0.3 is 6.18 Å². The summed E-state index contributed by atoms with van der Waals surface area (Å²) in [7, 11) is 0. The Balaban J connectivity index is 1.73. The molecule has 3 rings (SSSR count). The number of hydrogen-bond donors (Lipinski definition) is 2. The summed E-state index contributed by atoms with van der Waals surface area (Å²) in [6.07, 6.45) is 3.50. The van der Waals surface area contributed by atoms with Crippen molar-refractivity contribution < 1.29 is 13.2 Å². The standard InChI is InChI=1S/C16H24F3N5/c17-16(18,19)13-8-23-14(9-22-13)24-7-3-4-11(10-24)15(21)6-2-1-5-12(15)20/h8-9,11-12H,1-7,10,20-21H2/t11-,12+,15+/m0/s1. The summed E-state index contributed by atoms with van der Waals surface area (Å²) in [5.41, 5.74) is 11.6. The maximum Gasteiger partial charge on any atom is 0.434 e. The van der Waals surface area contributed by atoms with Crippen molar-refractivity contribution in [1.29, 1.82) is 0 Å². The van der Waals surface area contributed by atoms with Crippen LogP contribution in [-0.2, 0) is 6.18 Å². The van der Waals surface area contributed by atoms with Gasteiger partial charge in [-0.1, -0.05) is 12.8 Å². The number of hydrogen-bond acceptors (Lipinski definition) is 5. The van der Waals surface area contributed by atoms with Gasteiger partial charge in [0.05, 0.1) is 12.4 Å². The highest BCUT2D eigenvalue weighted by atomic mass is 19.4. The Hall–Kier alpha value is -1.41. The van der Waals surface area contributed by atoms with Crippen LogP contribution in [0.3, 0.4) is 0 Å². The van der Waals surface area contributed by atoms with Crippen molar-refractivity contribution in [3.8, 4) is 0 Å². The number of anilines is 1. The third-order valence-corrected chi connectivity index (χ3v) is 5.50. The van der Waals surface area contributed by atoms with E-state index in [9.17, 15) is 13.2 Å². The Kier molecular flexibility index (Phi) is 4.70. The Labute approximate surface area is 139 Å². The number of rotatable bonds is 2. The second kappa shape index (κ2) is 6.48. The normalized spacial score (nSPS) is 32.0. The zero-order valence-electron chi connectivity index (χ0n) is 13.6. The minimum absolute atomic E-state index is 0.0186. The van der Waals surface area contributed by atoms with E-state index in [1.165, 1.54) is 6.20 Å². The topological polar surface area (TPSA) is 81.1 Å². The van der Waals surface area contributed by atoms with Crippen molar-refractivity contribution in [2.24, 2.45) is 17.4 Å². The first-order valence-electron chi connectivity index (χ1n) is 8.49. The molecule has 134 valence electrons. The number of piperidine rings is 1. The number of nitrogens with zero attached hydrogens (tertiary/aromatic N) is 3. The lowest BCUT2D eigenvalue weighted by molar-refractivity contribution is -0.141. The molecule has 0 unspecified atom stereocenters. The molecule has 0 bridgehead atoms. The van der Waals surface area contributed by atoms with E-state index in [2.05, 4.69) is 9.97 Å². The minimum atomic E-state index is -4.47. The Bertz CT molecular complexity index is 562. The van der Waals surface area contributed by atoms with Gasteiger partial charge in [0.25, 0.3) is 0 Å². The van der Waals surface area contributed by atoms with Gasteiger partial charge in [0.1, 0.15) is 5.82 Å². The molecule has 1 aliphatic heterocycles. The van der Waals surface area contributed by atoms with Crippen LogP contribution in [0.5, 0.6) is 0 Å². The van der Waals surface area contributed by atoms with Crippen LogP contribution < -0.4 is 16.4 Å².